The van der Waals surface area contributed by atoms with Gasteiger partial charge in [-0.05, 0) is 38.0 Å². The summed E-state index contributed by atoms with van der Waals surface area (Å²) in [6.45, 7) is 6.49. The Labute approximate surface area is 122 Å². The van der Waals surface area contributed by atoms with Crippen LogP contribution in [-0.4, -0.2) is 6.61 Å². The van der Waals surface area contributed by atoms with E-state index in [0.29, 0.717) is 12.2 Å². The van der Waals surface area contributed by atoms with Crippen LogP contribution in [-0.2, 0) is 0 Å². The summed E-state index contributed by atoms with van der Waals surface area (Å²) in [5.41, 5.74) is 7.23. The molecule has 0 radical (unpaired) electrons. The second-order valence-electron chi connectivity index (χ2n) is 5.54. The van der Waals surface area contributed by atoms with Crippen molar-refractivity contribution in [2.75, 3.05) is 6.61 Å². The molecule has 0 aliphatic carbocycles. The van der Waals surface area contributed by atoms with Gasteiger partial charge in [0, 0.05) is 11.6 Å². The van der Waals surface area contributed by atoms with Gasteiger partial charge in [-0.2, -0.15) is 0 Å². The topological polar surface area (TPSA) is 35.2 Å². The molecule has 2 N–H and O–H groups in total. The van der Waals surface area contributed by atoms with E-state index in [4.69, 9.17) is 10.5 Å². The Morgan fingerprint density at radius 2 is 1.80 bits per heavy atom. The van der Waals surface area contributed by atoms with Gasteiger partial charge in [0.25, 0.3) is 0 Å². The van der Waals surface area contributed by atoms with Crippen molar-refractivity contribution in [1.82, 2.24) is 0 Å². The Morgan fingerprint density at radius 1 is 1.15 bits per heavy atom. The molecule has 114 valence electrons. The van der Waals surface area contributed by atoms with Crippen LogP contribution < -0.4 is 10.5 Å². The summed E-state index contributed by atoms with van der Waals surface area (Å²) in [7, 11) is 0. The lowest BCUT2D eigenvalue weighted by Gasteiger charge is -2.15. The Morgan fingerprint density at radius 3 is 2.45 bits per heavy atom. The van der Waals surface area contributed by atoms with Gasteiger partial charge >= 0.3 is 0 Å². The average molecular weight is 281 g/mol. The van der Waals surface area contributed by atoms with Crippen molar-refractivity contribution >= 4 is 0 Å². The highest BCUT2D eigenvalue weighted by molar-refractivity contribution is 5.39. The lowest BCUT2D eigenvalue weighted by Crippen LogP contribution is -2.10. The number of halogens is 1. The minimum absolute atomic E-state index is 0.218. The van der Waals surface area contributed by atoms with Crippen molar-refractivity contribution in [1.29, 1.82) is 0 Å². The van der Waals surface area contributed by atoms with Crippen LogP contribution in [0.1, 0.15) is 69.5 Å². The van der Waals surface area contributed by atoms with Gasteiger partial charge < -0.3 is 10.5 Å². The summed E-state index contributed by atoms with van der Waals surface area (Å²) in [6.07, 6.45) is 7.37. The van der Waals surface area contributed by atoms with E-state index in [0.717, 1.165) is 17.7 Å². The van der Waals surface area contributed by atoms with E-state index >= 15 is 0 Å². The zero-order valence-electron chi connectivity index (χ0n) is 13.0. The zero-order chi connectivity index (χ0) is 15.0. The molecule has 0 aliphatic heterocycles. The summed E-state index contributed by atoms with van der Waals surface area (Å²) in [6, 6.07) is 3.03. The average Bonchev–Trinajstić information content (AvgIpc) is 2.41. The van der Waals surface area contributed by atoms with Gasteiger partial charge in [-0.25, -0.2) is 4.39 Å². The Kier molecular flexibility index (Phi) is 7.60. The van der Waals surface area contributed by atoms with Crippen molar-refractivity contribution in [2.45, 2.75) is 65.3 Å². The monoisotopic (exact) mass is 281 g/mol. The molecule has 0 saturated heterocycles. The van der Waals surface area contributed by atoms with Gasteiger partial charge in [-0.1, -0.05) is 39.0 Å². The first-order valence-corrected chi connectivity index (χ1v) is 7.74. The van der Waals surface area contributed by atoms with Crippen LogP contribution in [0.25, 0.3) is 0 Å². The van der Waals surface area contributed by atoms with Gasteiger partial charge in [-0.3, -0.25) is 0 Å². The molecule has 0 fully saturated rings. The molecule has 0 aliphatic rings. The lowest BCUT2D eigenvalue weighted by atomic mass is 10.1. The fourth-order valence-corrected chi connectivity index (χ4v) is 2.22. The standard InChI is InChI=1S/C17H28FNO/c1-4-5-6-7-8-9-10-20-17-11-13(2)16(18)12-15(17)14(3)19/h11-12,14H,4-10,19H2,1-3H3/t14-/m1/s1. The summed E-state index contributed by atoms with van der Waals surface area (Å²) >= 11 is 0. The van der Waals surface area contributed by atoms with Gasteiger partial charge in [0.2, 0.25) is 0 Å². The maximum absolute atomic E-state index is 13.6. The normalized spacial score (nSPS) is 12.4. The van der Waals surface area contributed by atoms with E-state index in [1.807, 2.05) is 6.92 Å². The van der Waals surface area contributed by atoms with E-state index in [2.05, 4.69) is 6.92 Å². The van der Waals surface area contributed by atoms with Gasteiger partial charge in [0.05, 0.1) is 6.61 Å². The molecule has 0 saturated carbocycles. The second kappa shape index (κ2) is 8.96. The first kappa shape index (κ1) is 17.0. The second-order valence-corrected chi connectivity index (χ2v) is 5.54. The molecule has 1 atom stereocenters. The molecule has 0 spiro atoms. The van der Waals surface area contributed by atoms with Crippen LogP contribution in [0.2, 0.25) is 0 Å². The highest BCUT2D eigenvalue weighted by atomic mass is 19.1. The van der Waals surface area contributed by atoms with Crippen molar-refractivity contribution in [3.8, 4) is 5.75 Å². The SMILES string of the molecule is CCCCCCCCOc1cc(C)c(F)cc1[C@@H](C)N. The molecule has 2 nitrogen and oxygen atoms in total. The Bertz CT molecular complexity index is 404. The highest BCUT2D eigenvalue weighted by Crippen LogP contribution is 2.27. The van der Waals surface area contributed by atoms with Crippen molar-refractivity contribution in [2.24, 2.45) is 5.73 Å². The molecule has 3 heteroatoms. The molecule has 1 aromatic carbocycles. The van der Waals surface area contributed by atoms with Crippen molar-refractivity contribution < 1.29 is 9.13 Å². The van der Waals surface area contributed by atoms with Crippen LogP contribution in [0.5, 0.6) is 5.75 Å². The lowest BCUT2D eigenvalue weighted by molar-refractivity contribution is 0.299. The summed E-state index contributed by atoms with van der Waals surface area (Å²) in [4.78, 5) is 0. The smallest absolute Gasteiger partial charge is 0.126 e. The number of aryl methyl sites for hydroxylation is 1. The molecule has 0 aromatic heterocycles. The van der Waals surface area contributed by atoms with E-state index in [1.165, 1.54) is 38.2 Å². The molecule has 1 rings (SSSR count). The van der Waals surface area contributed by atoms with Crippen molar-refractivity contribution in [3.63, 3.8) is 0 Å². The fraction of sp³-hybridized carbons (Fsp3) is 0.647. The molecular weight excluding hydrogens is 253 g/mol. The minimum atomic E-state index is -0.218. The van der Waals surface area contributed by atoms with E-state index in [1.54, 1.807) is 13.0 Å². The fourth-order valence-electron chi connectivity index (χ4n) is 2.22. The largest absolute Gasteiger partial charge is 0.493 e. The van der Waals surface area contributed by atoms with Gasteiger partial charge in [-0.15, -0.1) is 0 Å². The van der Waals surface area contributed by atoms with E-state index in [9.17, 15) is 4.39 Å². The quantitative estimate of drug-likeness (QED) is 0.654. The van der Waals surface area contributed by atoms with Crippen LogP contribution >= 0.6 is 0 Å². The highest BCUT2D eigenvalue weighted by Gasteiger charge is 2.12. The molecule has 0 bridgehead atoms. The third kappa shape index (κ3) is 5.49. The van der Waals surface area contributed by atoms with Crippen molar-refractivity contribution in [3.05, 3.63) is 29.1 Å². The Hall–Kier alpha value is -1.09. The van der Waals surface area contributed by atoms with Crippen LogP contribution in [0.15, 0.2) is 12.1 Å². The summed E-state index contributed by atoms with van der Waals surface area (Å²) < 4.78 is 19.4. The summed E-state index contributed by atoms with van der Waals surface area (Å²) in [5, 5.41) is 0. The Balaban J connectivity index is 2.45. The van der Waals surface area contributed by atoms with Crippen LogP contribution in [0.4, 0.5) is 4.39 Å². The number of hydrogen-bond acceptors (Lipinski definition) is 2. The first-order valence-electron chi connectivity index (χ1n) is 7.74. The molecule has 0 heterocycles. The summed E-state index contributed by atoms with van der Waals surface area (Å²) in [5.74, 6) is 0.511. The zero-order valence-corrected chi connectivity index (χ0v) is 13.0. The van der Waals surface area contributed by atoms with E-state index < -0.39 is 0 Å². The third-order valence-electron chi connectivity index (χ3n) is 3.54. The molecule has 20 heavy (non-hydrogen) atoms. The maximum Gasteiger partial charge on any atom is 0.126 e. The molecular formula is C17H28FNO. The predicted molar refractivity (Wildman–Crippen MR) is 82.6 cm³/mol. The third-order valence-corrected chi connectivity index (χ3v) is 3.54. The number of rotatable bonds is 9. The van der Waals surface area contributed by atoms with Gasteiger partial charge in [0.15, 0.2) is 0 Å². The molecule has 0 amide bonds. The minimum Gasteiger partial charge on any atom is -0.493 e. The van der Waals surface area contributed by atoms with Crippen LogP contribution in [0.3, 0.4) is 0 Å². The number of ether oxygens (including phenoxy) is 1. The first-order chi connectivity index (χ1) is 9.56. The molecule has 1 aromatic rings. The number of nitrogens with two attached hydrogens (primary N) is 1. The number of hydrogen-bond donors (Lipinski definition) is 1. The van der Waals surface area contributed by atoms with Gasteiger partial charge in [0.1, 0.15) is 11.6 Å². The molecule has 0 unspecified atom stereocenters. The number of unbranched alkanes of at least 4 members (excludes halogenated alkanes) is 5. The number of benzene rings is 1. The van der Waals surface area contributed by atoms with Crippen LogP contribution in [0, 0.1) is 12.7 Å². The predicted octanol–water partition coefficient (Wildman–Crippen LogP) is 4.89. The maximum atomic E-state index is 13.6. The van der Waals surface area contributed by atoms with E-state index in [-0.39, 0.29) is 11.9 Å².